The molecule has 0 saturated carbocycles. The highest BCUT2D eigenvalue weighted by Gasteiger charge is 2.36. The zero-order chi connectivity index (χ0) is 51.3. The van der Waals surface area contributed by atoms with Gasteiger partial charge in [-0.1, -0.05) is 64.6 Å². The predicted molar refractivity (Wildman–Crippen MR) is 249 cm³/mol. The number of hydrogen-bond donors (Lipinski definition) is 1. The van der Waals surface area contributed by atoms with Crippen LogP contribution in [-0.4, -0.2) is 60.5 Å². The van der Waals surface area contributed by atoms with E-state index in [1.165, 1.54) is 43.5 Å². The third kappa shape index (κ3) is 11.9. The van der Waals surface area contributed by atoms with Crippen LogP contribution in [0, 0.1) is 13.8 Å². The molecule has 0 fully saturated rings. The standard InChI is InChI=1S/C26H22Cl2F3N3O4S.C20H18Cl2F3N3O2/c1-14-10-20(26(29,30)31)33-23-17(14)11-15(34(23)39(36,37)16-8-6-5-7-9-16)12-18-21(27)19(13-32-22(18)28)24(35)38-25(2,3)4;1-9-5-14(20(23,24)25)28-17-11(9)6-10(27-17)7-12-15(21)13(8-26-16(12)22)18(29)30-19(2,3)4/h5-11,13H,12H2,1-4H3;5-6,8H,7H2,1-4H3,(H,27,28). The van der Waals surface area contributed by atoms with E-state index < -0.39 is 62.6 Å². The van der Waals surface area contributed by atoms with Gasteiger partial charge in [-0.05, 0) is 103 Å². The molecule has 12 nitrogen and oxygen atoms in total. The molecule has 0 unspecified atom stereocenters. The second-order valence-corrected chi connectivity index (χ2v) is 20.8. The van der Waals surface area contributed by atoms with Crippen molar-refractivity contribution in [3.05, 3.63) is 143 Å². The number of esters is 2. The first-order valence-electron chi connectivity index (χ1n) is 20.4. The van der Waals surface area contributed by atoms with E-state index in [0.717, 1.165) is 22.3 Å². The van der Waals surface area contributed by atoms with Crippen LogP contribution < -0.4 is 0 Å². The Labute approximate surface area is 411 Å². The second-order valence-electron chi connectivity index (χ2n) is 17.5. The maximum absolute atomic E-state index is 13.8. The molecule has 0 aliphatic carbocycles. The minimum Gasteiger partial charge on any atom is -0.456 e. The van der Waals surface area contributed by atoms with Gasteiger partial charge < -0.3 is 14.5 Å². The van der Waals surface area contributed by atoms with Crippen LogP contribution in [-0.2, 0) is 44.7 Å². The molecular formula is C46H40Cl4F6N6O6S. The third-order valence-corrected chi connectivity index (χ3v) is 13.1. The number of fused-ring (bicyclic) bond motifs is 2. The molecule has 7 rings (SSSR count). The average Bonchev–Trinajstić information content (AvgIpc) is 3.82. The Morgan fingerprint density at radius 1 is 0.667 bits per heavy atom. The molecule has 0 saturated heterocycles. The van der Waals surface area contributed by atoms with Gasteiger partial charge >= 0.3 is 24.3 Å². The Bertz CT molecular complexity index is 3260. The number of carbonyl (C=O) groups excluding carboxylic acids is 2. The number of benzene rings is 1. The van der Waals surface area contributed by atoms with Gasteiger partial charge in [0, 0.05) is 58.5 Å². The zero-order valence-electron chi connectivity index (χ0n) is 37.6. The molecular weight excluding hydrogens is 1020 g/mol. The number of nitrogens with one attached hydrogen (secondary N) is 1. The molecule has 0 aliphatic heterocycles. The number of pyridine rings is 4. The summed E-state index contributed by atoms with van der Waals surface area (Å²) >= 11 is 25.4. The van der Waals surface area contributed by atoms with Crippen LogP contribution in [0.15, 0.2) is 71.9 Å². The van der Waals surface area contributed by atoms with Gasteiger partial charge in [0.1, 0.15) is 38.5 Å². The van der Waals surface area contributed by atoms with Crippen molar-refractivity contribution < 1.29 is 53.8 Å². The monoisotopic (exact) mass is 1060 g/mol. The van der Waals surface area contributed by atoms with Gasteiger partial charge in [-0.15, -0.1) is 0 Å². The molecule has 0 bridgehead atoms. The summed E-state index contributed by atoms with van der Waals surface area (Å²) in [5.74, 6) is -1.43. The smallest absolute Gasteiger partial charge is 0.433 e. The maximum atomic E-state index is 13.8. The number of nitrogens with zero attached hydrogens (tertiary/aromatic N) is 5. The van der Waals surface area contributed by atoms with Crippen LogP contribution in [0.25, 0.3) is 22.1 Å². The SMILES string of the molecule is Cc1cc(C(F)(F)F)nc2[nH]c(Cc3c(Cl)ncc(C(=O)OC(C)(C)C)c3Cl)cc12.Cc1cc(C(F)(F)F)nc2c1cc(Cc1c(Cl)ncc(C(=O)OC(C)(C)C)c1Cl)n2S(=O)(=O)c1ccccc1. The highest BCUT2D eigenvalue weighted by molar-refractivity contribution is 7.90. The summed E-state index contributed by atoms with van der Waals surface area (Å²) < 4.78 is 119. The van der Waals surface area contributed by atoms with Gasteiger partial charge in [0.2, 0.25) is 0 Å². The Morgan fingerprint density at radius 3 is 1.61 bits per heavy atom. The first-order valence-corrected chi connectivity index (χ1v) is 23.3. The number of H-pyrrole nitrogens is 1. The number of carbonyl (C=O) groups is 2. The molecule has 0 aliphatic rings. The summed E-state index contributed by atoms with van der Waals surface area (Å²) in [6.45, 7) is 13.2. The number of aryl methyl sites for hydroxylation is 2. The van der Waals surface area contributed by atoms with E-state index in [-0.39, 0.29) is 77.1 Å². The molecule has 7 aromatic rings. The van der Waals surface area contributed by atoms with Crippen molar-refractivity contribution in [3.63, 3.8) is 0 Å². The molecule has 0 radical (unpaired) electrons. The van der Waals surface area contributed by atoms with E-state index in [2.05, 4.69) is 24.9 Å². The van der Waals surface area contributed by atoms with E-state index >= 15 is 0 Å². The lowest BCUT2D eigenvalue weighted by Gasteiger charge is -2.20. The maximum Gasteiger partial charge on any atom is 0.433 e. The van der Waals surface area contributed by atoms with Crippen molar-refractivity contribution >= 4 is 90.4 Å². The third-order valence-electron chi connectivity index (χ3n) is 9.81. The first kappa shape index (κ1) is 52.9. The van der Waals surface area contributed by atoms with Crippen LogP contribution in [0.4, 0.5) is 26.3 Å². The van der Waals surface area contributed by atoms with E-state index in [9.17, 15) is 44.3 Å². The molecule has 366 valence electrons. The van der Waals surface area contributed by atoms with E-state index in [1.807, 2.05) is 0 Å². The van der Waals surface area contributed by atoms with E-state index in [0.29, 0.717) is 22.2 Å². The number of alkyl halides is 6. The summed E-state index contributed by atoms with van der Waals surface area (Å²) in [4.78, 5) is 43.2. The number of halogens is 10. The van der Waals surface area contributed by atoms with Gasteiger partial charge in [-0.25, -0.2) is 41.9 Å². The number of aromatic nitrogens is 6. The fraction of sp³-hybridized carbons (Fsp3) is 0.304. The molecule has 1 N–H and O–H groups in total. The lowest BCUT2D eigenvalue weighted by molar-refractivity contribution is -0.141. The number of ether oxygens (including phenoxy) is 2. The largest absolute Gasteiger partial charge is 0.456 e. The second kappa shape index (κ2) is 19.4. The Kier molecular flexibility index (Phi) is 14.9. The predicted octanol–water partition coefficient (Wildman–Crippen LogP) is 13.0. The molecule has 0 atom stereocenters. The lowest BCUT2D eigenvalue weighted by atomic mass is 10.1. The highest BCUT2D eigenvalue weighted by Crippen LogP contribution is 2.37. The van der Waals surface area contributed by atoms with E-state index in [1.54, 1.807) is 60.6 Å². The minimum absolute atomic E-state index is 0.00992. The van der Waals surface area contributed by atoms with E-state index in [4.69, 9.17) is 55.9 Å². The fourth-order valence-electron chi connectivity index (χ4n) is 6.80. The first-order chi connectivity index (χ1) is 31.8. The van der Waals surface area contributed by atoms with Crippen LogP contribution >= 0.6 is 46.4 Å². The zero-order valence-corrected chi connectivity index (χ0v) is 41.5. The highest BCUT2D eigenvalue weighted by atomic mass is 35.5. The summed E-state index contributed by atoms with van der Waals surface area (Å²) in [6.07, 6.45) is -7.19. The van der Waals surface area contributed by atoms with Crippen molar-refractivity contribution in [3.8, 4) is 0 Å². The number of hydrogen-bond acceptors (Lipinski definition) is 10. The summed E-state index contributed by atoms with van der Waals surface area (Å²) in [7, 11) is -4.44. The quantitative estimate of drug-likeness (QED) is 0.0882. The van der Waals surface area contributed by atoms with Gasteiger partial charge in [0.25, 0.3) is 10.0 Å². The minimum atomic E-state index is -4.82. The number of rotatable bonds is 8. The van der Waals surface area contributed by atoms with Gasteiger partial charge in [0.15, 0.2) is 5.65 Å². The molecule has 69 heavy (non-hydrogen) atoms. The fourth-order valence-corrected chi connectivity index (χ4v) is 9.38. The van der Waals surface area contributed by atoms with Crippen molar-refractivity contribution in [2.45, 2.75) is 96.7 Å². The Morgan fingerprint density at radius 2 is 1.13 bits per heavy atom. The van der Waals surface area contributed by atoms with Gasteiger partial charge in [0.05, 0.1) is 26.1 Å². The Balaban J connectivity index is 0.000000235. The normalized spacial score (nSPS) is 12.6. The van der Waals surface area contributed by atoms with Crippen molar-refractivity contribution in [2.75, 3.05) is 0 Å². The summed E-state index contributed by atoms with van der Waals surface area (Å²) in [6, 6.07) is 12.1. The van der Waals surface area contributed by atoms with Crippen LogP contribution in [0.5, 0.6) is 0 Å². The van der Waals surface area contributed by atoms with Crippen molar-refractivity contribution in [1.29, 1.82) is 0 Å². The van der Waals surface area contributed by atoms with Crippen LogP contribution in [0.1, 0.15) is 107 Å². The van der Waals surface area contributed by atoms with Gasteiger partial charge in [-0.2, -0.15) is 26.3 Å². The summed E-state index contributed by atoms with van der Waals surface area (Å²) in [5, 5.41) is 0.624. The topological polar surface area (TPSA) is 159 Å². The Hall–Kier alpha value is -5.47. The molecule has 1 aromatic carbocycles. The van der Waals surface area contributed by atoms with Crippen molar-refractivity contribution in [2.24, 2.45) is 0 Å². The lowest BCUT2D eigenvalue weighted by Crippen LogP contribution is -2.24. The average molecular weight is 1060 g/mol. The molecule has 6 heterocycles. The van der Waals surface area contributed by atoms with Crippen LogP contribution in [0.3, 0.4) is 0 Å². The summed E-state index contributed by atoms with van der Waals surface area (Å²) in [5.41, 5.74) is -2.60. The van der Waals surface area contributed by atoms with Crippen molar-refractivity contribution in [1.82, 2.24) is 28.9 Å². The van der Waals surface area contributed by atoms with Crippen LogP contribution in [0.2, 0.25) is 20.4 Å². The molecule has 0 amide bonds. The van der Waals surface area contributed by atoms with Gasteiger partial charge in [-0.3, -0.25) is 0 Å². The number of aromatic amines is 1. The molecule has 6 aromatic heterocycles. The molecule has 0 spiro atoms. The molecule has 23 heteroatoms.